The van der Waals surface area contributed by atoms with Gasteiger partial charge in [-0.1, -0.05) is 6.42 Å². The maximum atomic E-state index is 11.1. The fourth-order valence-corrected chi connectivity index (χ4v) is 1.69. The highest BCUT2D eigenvalue weighted by Gasteiger charge is 2.24. The van der Waals surface area contributed by atoms with Crippen molar-refractivity contribution in [2.75, 3.05) is 6.54 Å². The average Bonchev–Trinajstić information content (AvgIpc) is 2.58. The number of rotatable bonds is 4. The van der Waals surface area contributed by atoms with Crippen LogP contribution in [-0.2, 0) is 9.59 Å². The summed E-state index contributed by atoms with van der Waals surface area (Å²) >= 11 is 0. The van der Waals surface area contributed by atoms with Crippen molar-refractivity contribution in [2.45, 2.75) is 25.4 Å². The van der Waals surface area contributed by atoms with Crippen LogP contribution in [0.4, 0.5) is 0 Å². The highest BCUT2D eigenvalue weighted by Crippen LogP contribution is 2.24. The van der Waals surface area contributed by atoms with E-state index in [9.17, 15) is 14.7 Å². The summed E-state index contributed by atoms with van der Waals surface area (Å²) in [7, 11) is 0. The summed E-state index contributed by atoms with van der Waals surface area (Å²) in [5.74, 6) is -1.48. The van der Waals surface area contributed by atoms with E-state index >= 15 is 0 Å². The number of carbonyl (C=O) groups is 2. The summed E-state index contributed by atoms with van der Waals surface area (Å²) in [6.07, 6.45) is 4.10. The standard InChI is InChI=1S/C10H15NO4/c12-8-3-1-2-7(8)6-11-9(13)4-5-10(14)15/h4-5,7-8,12H,1-3,6H2,(H,11,13)(H,14,15). The summed E-state index contributed by atoms with van der Waals surface area (Å²) in [5, 5.41) is 20.3. The Morgan fingerprint density at radius 3 is 2.60 bits per heavy atom. The highest BCUT2D eigenvalue weighted by atomic mass is 16.4. The molecule has 1 amide bonds. The molecule has 0 saturated heterocycles. The molecule has 0 spiro atoms. The van der Waals surface area contributed by atoms with Crippen molar-refractivity contribution in [2.24, 2.45) is 5.92 Å². The van der Waals surface area contributed by atoms with Gasteiger partial charge in [0, 0.05) is 24.6 Å². The Kier molecular flexibility index (Phi) is 4.30. The topological polar surface area (TPSA) is 86.6 Å². The molecule has 0 heterocycles. The second-order valence-corrected chi connectivity index (χ2v) is 3.68. The number of hydrogen-bond donors (Lipinski definition) is 3. The van der Waals surface area contributed by atoms with Gasteiger partial charge >= 0.3 is 5.97 Å². The zero-order chi connectivity index (χ0) is 11.3. The van der Waals surface area contributed by atoms with Gasteiger partial charge in [-0.15, -0.1) is 0 Å². The van der Waals surface area contributed by atoms with E-state index < -0.39 is 11.9 Å². The lowest BCUT2D eigenvalue weighted by Crippen LogP contribution is -2.31. The number of carboxylic acid groups (broad SMARTS) is 1. The molecule has 0 aromatic heterocycles. The van der Waals surface area contributed by atoms with Gasteiger partial charge in [0.05, 0.1) is 6.10 Å². The van der Waals surface area contributed by atoms with Gasteiger partial charge in [-0.3, -0.25) is 4.79 Å². The zero-order valence-electron chi connectivity index (χ0n) is 8.35. The molecule has 0 aromatic rings. The van der Waals surface area contributed by atoms with Crippen molar-refractivity contribution in [1.82, 2.24) is 5.32 Å². The van der Waals surface area contributed by atoms with Gasteiger partial charge in [-0.25, -0.2) is 4.79 Å². The maximum Gasteiger partial charge on any atom is 0.328 e. The molecule has 0 aliphatic heterocycles. The minimum absolute atomic E-state index is 0.104. The Bertz CT molecular complexity index is 275. The fourth-order valence-electron chi connectivity index (χ4n) is 1.69. The minimum Gasteiger partial charge on any atom is -0.478 e. The third kappa shape index (κ3) is 4.12. The second-order valence-electron chi connectivity index (χ2n) is 3.68. The largest absolute Gasteiger partial charge is 0.478 e. The molecule has 3 N–H and O–H groups in total. The molecular formula is C10H15NO4. The number of aliphatic carboxylic acids is 1. The van der Waals surface area contributed by atoms with Crippen molar-refractivity contribution >= 4 is 11.9 Å². The van der Waals surface area contributed by atoms with Gasteiger partial charge in [-0.05, 0) is 12.8 Å². The van der Waals surface area contributed by atoms with E-state index in [2.05, 4.69) is 5.32 Å². The van der Waals surface area contributed by atoms with Crippen LogP contribution in [0.1, 0.15) is 19.3 Å². The Balaban J connectivity index is 2.24. The van der Waals surface area contributed by atoms with E-state index in [0.717, 1.165) is 31.4 Å². The van der Waals surface area contributed by atoms with Gasteiger partial charge in [0.25, 0.3) is 0 Å². The van der Waals surface area contributed by atoms with Crippen LogP contribution >= 0.6 is 0 Å². The lowest BCUT2D eigenvalue weighted by atomic mass is 10.1. The Labute approximate surface area is 87.8 Å². The van der Waals surface area contributed by atoms with Crippen LogP contribution in [0.2, 0.25) is 0 Å². The Hall–Kier alpha value is -1.36. The minimum atomic E-state index is -1.15. The molecule has 5 heteroatoms. The lowest BCUT2D eigenvalue weighted by molar-refractivity contribution is -0.131. The molecule has 1 saturated carbocycles. The molecule has 1 aliphatic rings. The van der Waals surface area contributed by atoms with E-state index in [1.807, 2.05) is 0 Å². The summed E-state index contributed by atoms with van der Waals surface area (Å²) in [6.45, 7) is 0.407. The first-order valence-electron chi connectivity index (χ1n) is 4.96. The first kappa shape index (κ1) is 11.7. The van der Waals surface area contributed by atoms with Crippen LogP contribution in [0.15, 0.2) is 12.2 Å². The first-order chi connectivity index (χ1) is 7.09. The molecule has 1 aliphatic carbocycles. The van der Waals surface area contributed by atoms with Gasteiger partial charge in [-0.2, -0.15) is 0 Å². The molecule has 2 unspecified atom stereocenters. The average molecular weight is 213 g/mol. The fraction of sp³-hybridized carbons (Fsp3) is 0.600. The summed E-state index contributed by atoms with van der Waals surface area (Å²) < 4.78 is 0. The third-order valence-corrected chi connectivity index (χ3v) is 2.53. The number of carboxylic acids is 1. The number of amides is 1. The van der Waals surface area contributed by atoms with Gasteiger partial charge < -0.3 is 15.5 Å². The monoisotopic (exact) mass is 213 g/mol. The molecule has 1 fully saturated rings. The van der Waals surface area contributed by atoms with E-state index in [1.54, 1.807) is 0 Å². The highest BCUT2D eigenvalue weighted by molar-refractivity contribution is 5.93. The molecule has 1 rings (SSSR count). The maximum absolute atomic E-state index is 11.1. The van der Waals surface area contributed by atoms with Gasteiger partial charge in [0.15, 0.2) is 0 Å². The van der Waals surface area contributed by atoms with Crippen molar-refractivity contribution in [1.29, 1.82) is 0 Å². The number of aliphatic hydroxyl groups is 1. The molecule has 15 heavy (non-hydrogen) atoms. The first-order valence-corrected chi connectivity index (χ1v) is 4.96. The smallest absolute Gasteiger partial charge is 0.328 e. The van der Waals surface area contributed by atoms with E-state index in [1.165, 1.54) is 0 Å². The zero-order valence-corrected chi connectivity index (χ0v) is 8.35. The molecule has 84 valence electrons. The van der Waals surface area contributed by atoms with Crippen LogP contribution in [0.3, 0.4) is 0 Å². The quantitative estimate of drug-likeness (QED) is 0.569. The number of nitrogens with one attached hydrogen (secondary N) is 1. The van der Waals surface area contributed by atoms with Crippen LogP contribution in [0, 0.1) is 5.92 Å². The molecule has 0 aromatic carbocycles. The summed E-state index contributed by atoms with van der Waals surface area (Å²) in [4.78, 5) is 21.2. The molecular weight excluding hydrogens is 198 g/mol. The second kappa shape index (κ2) is 5.50. The van der Waals surface area contributed by atoms with E-state index in [4.69, 9.17) is 5.11 Å². The van der Waals surface area contributed by atoms with Crippen LogP contribution in [0.5, 0.6) is 0 Å². The molecule has 2 atom stereocenters. The molecule has 0 radical (unpaired) electrons. The van der Waals surface area contributed by atoms with E-state index in [-0.39, 0.29) is 12.0 Å². The Morgan fingerprint density at radius 2 is 2.07 bits per heavy atom. The van der Waals surface area contributed by atoms with Crippen molar-refractivity contribution in [3.63, 3.8) is 0 Å². The van der Waals surface area contributed by atoms with Crippen LogP contribution in [0.25, 0.3) is 0 Å². The van der Waals surface area contributed by atoms with Crippen molar-refractivity contribution in [3.05, 3.63) is 12.2 Å². The van der Waals surface area contributed by atoms with Crippen molar-refractivity contribution in [3.8, 4) is 0 Å². The molecule has 0 bridgehead atoms. The predicted octanol–water partition coefficient (Wildman–Crippen LogP) is -0.0956. The normalized spacial score (nSPS) is 25.7. The SMILES string of the molecule is O=C(O)C=CC(=O)NCC1CCCC1O. The van der Waals surface area contributed by atoms with Gasteiger partial charge in [0.2, 0.25) is 5.91 Å². The number of carbonyl (C=O) groups excluding carboxylic acids is 1. The van der Waals surface area contributed by atoms with Crippen molar-refractivity contribution < 1.29 is 19.8 Å². The van der Waals surface area contributed by atoms with Crippen LogP contribution < -0.4 is 5.32 Å². The summed E-state index contributed by atoms with van der Waals surface area (Å²) in [5.41, 5.74) is 0. The number of aliphatic hydroxyl groups excluding tert-OH is 1. The summed E-state index contributed by atoms with van der Waals surface area (Å²) in [6, 6.07) is 0. The third-order valence-electron chi connectivity index (χ3n) is 2.53. The lowest BCUT2D eigenvalue weighted by Gasteiger charge is -2.13. The van der Waals surface area contributed by atoms with Gasteiger partial charge in [0.1, 0.15) is 0 Å². The number of hydrogen-bond acceptors (Lipinski definition) is 3. The predicted molar refractivity (Wildman–Crippen MR) is 53.1 cm³/mol. The van der Waals surface area contributed by atoms with Crippen LogP contribution in [-0.4, -0.2) is 34.7 Å². The van der Waals surface area contributed by atoms with E-state index in [0.29, 0.717) is 6.54 Å². The molecule has 5 nitrogen and oxygen atoms in total. The Morgan fingerprint density at radius 1 is 1.33 bits per heavy atom.